The number of para-hydroxylation sites is 1. The highest BCUT2D eigenvalue weighted by Gasteiger charge is 2.31. The summed E-state index contributed by atoms with van der Waals surface area (Å²) in [5.41, 5.74) is 4.75. The van der Waals surface area contributed by atoms with Crippen LogP contribution in [0.4, 0.5) is 18.9 Å². The van der Waals surface area contributed by atoms with E-state index < -0.39 is 11.7 Å². The maximum Gasteiger partial charge on any atom is 0.416 e. The Morgan fingerprint density at radius 3 is 2.26 bits per heavy atom. The number of nitrogen functional groups attached to an aromatic ring is 1. The molecule has 0 bridgehead atoms. The van der Waals surface area contributed by atoms with Gasteiger partial charge in [0, 0.05) is 0 Å². The van der Waals surface area contributed by atoms with Gasteiger partial charge in [-0.1, -0.05) is 12.1 Å². The molecule has 0 saturated heterocycles. The number of hydrogen-bond acceptors (Lipinski definition) is 2. The predicted molar refractivity (Wildman–Crippen MR) is 75.1 cm³/mol. The topological polar surface area (TPSA) is 35.2 Å². The third kappa shape index (κ3) is 3.31. The first-order valence-electron chi connectivity index (χ1n) is 5.27. The Balaban J connectivity index is 2.30. The first kappa shape index (κ1) is 14.0. The number of alkyl halides is 3. The van der Waals surface area contributed by atoms with E-state index in [4.69, 9.17) is 10.5 Å². The van der Waals surface area contributed by atoms with Crippen LogP contribution in [0.1, 0.15) is 5.56 Å². The molecule has 0 atom stereocenters. The lowest BCUT2D eigenvalue weighted by molar-refractivity contribution is -0.137. The Morgan fingerprint density at radius 1 is 1.00 bits per heavy atom. The van der Waals surface area contributed by atoms with Gasteiger partial charge in [-0.2, -0.15) is 13.2 Å². The lowest BCUT2D eigenvalue weighted by Gasteiger charge is -2.12. The van der Waals surface area contributed by atoms with Crippen molar-refractivity contribution in [1.82, 2.24) is 0 Å². The molecule has 2 aromatic carbocycles. The van der Waals surface area contributed by atoms with Crippen LogP contribution in [0.15, 0.2) is 42.5 Å². The van der Waals surface area contributed by atoms with Crippen LogP contribution in [-0.4, -0.2) is 0 Å². The van der Waals surface area contributed by atoms with Crippen molar-refractivity contribution in [2.24, 2.45) is 0 Å². The van der Waals surface area contributed by atoms with E-state index in [1.807, 2.05) is 12.1 Å². The normalized spacial score (nSPS) is 11.4. The standard InChI is InChI=1S/C13H9F3INO/c14-13(15,16)8-5-6-12(10(18)7-8)19-11-4-2-1-3-9(11)17/h1-7H,18H2. The summed E-state index contributed by atoms with van der Waals surface area (Å²) in [6.07, 6.45) is -4.41. The van der Waals surface area contributed by atoms with E-state index in [0.29, 0.717) is 5.75 Å². The summed E-state index contributed by atoms with van der Waals surface area (Å²) in [6.45, 7) is 0. The average molecular weight is 379 g/mol. The zero-order valence-electron chi connectivity index (χ0n) is 9.54. The second-order valence-corrected chi connectivity index (χ2v) is 4.95. The Kier molecular flexibility index (Phi) is 3.88. The van der Waals surface area contributed by atoms with Gasteiger partial charge in [0.1, 0.15) is 11.5 Å². The van der Waals surface area contributed by atoms with Crippen molar-refractivity contribution < 1.29 is 17.9 Å². The molecule has 0 unspecified atom stereocenters. The Labute approximate surface area is 121 Å². The summed E-state index contributed by atoms with van der Waals surface area (Å²) in [6, 6.07) is 10.2. The minimum atomic E-state index is -4.41. The number of rotatable bonds is 2. The van der Waals surface area contributed by atoms with Crippen LogP contribution in [0, 0.1) is 3.57 Å². The highest BCUT2D eigenvalue weighted by atomic mass is 127. The quantitative estimate of drug-likeness (QED) is 0.607. The van der Waals surface area contributed by atoms with Crippen LogP contribution in [-0.2, 0) is 6.18 Å². The van der Waals surface area contributed by atoms with E-state index in [0.717, 1.165) is 15.7 Å². The molecule has 0 fully saturated rings. The van der Waals surface area contributed by atoms with Crippen LogP contribution >= 0.6 is 22.6 Å². The molecule has 0 radical (unpaired) electrons. The van der Waals surface area contributed by atoms with Crippen molar-refractivity contribution in [3.8, 4) is 11.5 Å². The molecule has 0 aliphatic rings. The van der Waals surface area contributed by atoms with Crippen molar-refractivity contribution in [2.45, 2.75) is 6.18 Å². The van der Waals surface area contributed by atoms with Gasteiger partial charge < -0.3 is 10.5 Å². The maximum absolute atomic E-state index is 12.5. The summed E-state index contributed by atoms with van der Waals surface area (Å²) in [7, 11) is 0. The largest absolute Gasteiger partial charge is 0.454 e. The summed E-state index contributed by atoms with van der Waals surface area (Å²) < 4.78 is 43.8. The van der Waals surface area contributed by atoms with Gasteiger partial charge in [-0.05, 0) is 52.9 Å². The fraction of sp³-hybridized carbons (Fsp3) is 0.0769. The first-order chi connectivity index (χ1) is 8.88. The van der Waals surface area contributed by atoms with Gasteiger partial charge in [0.2, 0.25) is 0 Å². The third-order valence-electron chi connectivity index (χ3n) is 2.39. The molecule has 2 nitrogen and oxygen atoms in total. The van der Waals surface area contributed by atoms with E-state index in [2.05, 4.69) is 22.6 Å². The average Bonchev–Trinajstić information content (AvgIpc) is 2.33. The van der Waals surface area contributed by atoms with E-state index in [-0.39, 0.29) is 11.4 Å². The Hall–Kier alpha value is -1.44. The first-order valence-corrected chi connectivity index (χ1v) is 6.35. The number of nitrogens with two attached hydrogens (primary N) is 1. The molecule has 0 aliphatic heterocycles. The van der Waals surface area contributed by atoms with Crippen LogP contribution in [0.25, 0.3) is 0 Å². The zero-order valence-corrected chi connectivity index (χ0v) is 11.7. The lowest BCUT2D eigenvalue weighted by atomic mass is 10.2. The number of halogens is 4. The van der Waals surface area contributed by atoms with Gasteiger partial charge in [0.15, 0.2) is 0 Å². The third-order valence-corrected chi connectivity index (χ3v) is 3.28. The van der Waals surface area contributed by atoms with Crippen LogP contribution in [0.3, 0.4) is 0 Å². The highest BCUT2D eigenvalue weighted by Crippen LogP contribution is 2.36. The molecule has 0 saturated carbocycles. The Morgan fingerprint density at radius 2 is 1.68 bits per heavy atom. The minimum Gasteiger partial charge on any atom is -0.454 e. The van der Waals surface area contributed by atoms with Gasteiger partial charge in [0.05, 0.1) is 14.8 Å². The fourth-order valence-corrected chi connectivity index (χ4v) is 1.96. The van der Waals surface area contributed by atoms with Gasteiger partial charge in [0.25, 0.3) is 0 Å². The molecule has 100 valence electrons. The number of anilines is 1. The fourth-order valence-electron chi connectivity index (χ4n) is 1.46. The number of ether oxygens (including phenoxy) is 1. The van der Waals surface area contributed by atoms with Crippen LogP contribution in [0.5, 0.6) is 11.5 Å². The smallest absolute Gasteiger partial charge is 0.416 e. The SMILES string of the molecule is Nc1cc(C(F)(F)F)ccc1Oc1ccccc1I. The molecule has 19 heavy (non-hydrogen) atoms. The van der Waals surface area contributed by atoms with Crippen molar-refractivity contribution in [3.63, 3.8) is 0 Å². The zero-order chi connectivity index (χ0) is 14.0. The maximum atomic E-state index is 12.5. The van der Waals surface area contributed by atoms with Gasteiger partial charge in [-0.25, -0.2) is 0 Å². The lowest BCUT2D eigenvalue weighted by Crippen LogP contribution is -2.06. The van der Waals surface area contributed by atoms with Crippen molar-refractivity contribution >= 4 is 28.3 Å². The van der Waals surface area contributed by atoms with E-state index >= 15 is 0 Å². The Bertz CT molecular complexity index is 599. The molecule has 2 rings (SSSR count). The van der Waals surface area contributed by atoms with Crippen molar-refractivity contribution in [3.05, 3.63) is 51.6 Å². The van der Waals surface area contributed by atoms with Gasteiger partial charge in [-0.15, -0.1) is 0 Å². The molecule has 0 heterocycles. The predicted octanol–water partition coefficient (Wildman–Crippen LogP) is 4.68. The molecule has 0 amide bonds. The molecule has 0 spiro atoms. The number of hydrogen-bond donors (Lipinski definition) is 1. The minimum absolute atomic E-state index is 0.0468. The van der Waals surface area contributed by atoms with E-state index in [9.17, 15) is 13.2 Å². The van der Waals surface area contributed by atoms with Gasteiger partial charge >= 0.3 is 6.18 Å². The summed E-state index contributed by atoms with van der Waals surface area (Å²) >= 11 is 2.07. The molecule has 0 aliphatic carbocycles. The van der Waals surface area contributed by atoms with Crippen LogP contribution in [0.2, 0.25) is 0 Å². The monoisotopic (exact) mass is 379 g/mol. The summed E-state index contributed by atoms with van der Waals surface area (Å²) in [5, 5.41) is 0. The van der Waals surface area contributed by atoms with Gasteiger partial charge in [-0.3, -0.25) is 0 Å². The second kappa shape index (κ2) is 5.28. The number of benzene rings is 2. The second-order valence-electron chi connectivity index (χ2n) is 3.78. The van der Waals surface area contributed by atoms with E-state index in [1.54, 1.807) is 12.1 Å². The molecular weight excluding hydrogens is 370 g/mol. The van der Waals surface area contributed by atoms with E-state index in [1.165, 1.54) is 6.07 Å². The molecular formula is C13H9F3INO. The molecule has 2 aromatic rings. The highest BCUT2D eigenvalue weighted by molar-refractivity contribution is 14.1. The molecule has 6 heteroatoms. The van der Waals surface area contributed by atoms with Crippen LogP contribution < -0.4 is 10.5 Å². The summed E-state index contributed by atoms with van der Waals surface area (Å²) in [4.78, 5) is 0. The molecule has 0 aromatic heterocycles. The molecule has 2 N–H and O–H groups in total. The summed E-state index contributed by atoms with van der Waals surface area (Å²) in [5.74, 6) is 0.756. The van der Waals surface area contributed by atoms with Crippen molar-refractivity contribution in [2.75, 3.05) is 5.73 Å². The van der Waals surface area contributed by atoms with Crippen molar-refractivity contribution in [1.29, 1.82) is 0 Å².